The number of nitrogens with zero attached hydrogens (tertiary/aromatic N) is 7. The van der Waals surface area contributed by atoms with E-state index in [-0.39, 0.29) is 29.9 Å². The molecular weight excluding hydrogens is 738 g/mol. The topological polar surface area (TPSA) is 117 Å². The second-order valence-electron chi connectivity index (χ2n) is 15.8. The number of carbonyl (C=O) groups excluding carboxylic acids is 2. The van der Waals surface area contributed by atoms with Crippen LogP contribution in [0.4, 0.5) is 20.2 Å². The molecule has 3 fully saturated rings. The molecule has 5 aromatic rings. The summed E-state index contributed by atoms with van der Waals surface area (Å²) in [5, 5.41) is 3.02. The van der Waals surface area contributed by atoms with Gasteiger partial charge in [0.15, 0.2) is 0 Å². The SMILES string of the molecule is CC1(C)c2ccc(N3CCN(Cc4ncc(N5CCC(c6cc(F)c(C7CCC(=O)NC7=O)c(F)c6)CC5)cn4)CC3)cc2-n2c1nc(=O)c1c(Cl)cccc12. The first-order valence-corrected chi connectivity index (χ1v) is 19.6. The van der Waals surface area contributed by atoms with Crippen molar-refractivity contribution >= 4 is 45.7 Å². The number of rotatable bonds is 6. The van der Waals surface area contributed by atoms with E-state index < -0.39 is 34.8 Å². The summed E-state index contributed by atoms with van der Waals surface area (Å²) in [4.78, 5) is 57.7. The summed E-state index contributed by atoms with van der Waals surface area (Å²) < 4.78 is 32.5. The smallest absolute Gasteiger partial charge is 0.282 e. The molecule has 1 atom stereocenters. The predicted molar refractivity (Wildman–Crippen MR) is 210 cm³/mol. The van der Waals surface area contributed by atoms with Gasteiger partial charge in [-0.05, 0) is 86.6 Å². The summed E-state index contributed by atoms with van der Waals surface area (Å²) in [5.74, 6) is -2.11. The first kappa shape index (κ1) is 36.4. The van der Waals surface area contributed by atoms with E-state index in [9.17, 15) is 14.4 Å². The molecule has 0 bridgehead atoms. The summed E-state index contributed by atoms with van der Waals surface area (Å²) in [6, 6.07) is 14.8. The van der Waals surface area contributed by atoms with E-state index in [1.165, 1.54) is 12.1 Å². The van der Waals surface area contributed by atoms with Gasteiger partial charge in [-0.2, -0.15) is 4.98 Å². The van der Waals surface area contributed by atoms with Crippen LogP contribution < -0.4 is 20.7 Å². The molecule has 0 saturated carbocycles. The first-order chi connectivity index (χ1) is 27.0. The van der Waals surface area contributed by atoms with Gasteiger partial charge in [-0.15, -0.1) is 0 Å². The molecule has 9 rings (SSSR count). The number of piperidine rings is 2. The van der Waals surface area contributed by atoms with Crippen LogP contribution in [0.15, 0.2) is 65.7 Å². The van der Waals surface area contributed by atoms with E-state index in [1.807, 2.05) is 24.5 Å². The minimum Gasteiger partial charge on any atom is -0.369 e. The van der Waals surface area contributed by atoms with Gasteiger partial charge in [0.2, 0.25) is 11.8 Å². The van der Waals surface area contributed by atoms with Gasteiger partial charge in [-0.3, -0.25) is 29.2 Å². The minimum atomic E-state index is -1.00. The van der Waals surface area contributed by atoms with Gasteiger partial charge in [0.05, 0.1) is 57.6 Å². The number of halogens is 3. The molecule has 3 aromatic carbocycles. The maximum absolute atomic E-state index is 15.2. The van der Waals surface area contributed by atoms with Crippen molar-refractivity contribution in [2.75, 3.05) is 49.1 Å². The molecule has 0 radical (unpaired) electrons. The van der Waals surface area contributed by atoms with Gasteiger partial charge in [0, 0.05) is 56.9 Å². The highest BCUT2D eigenvalue weighted by atomic mass is 35.5. The fourth-order valence-electron chi connectivity index (χ4n) is 9.01. The second kappa shape index (κ2) is 14.0. The first-order valence-electron chi connectivity index (χ1n) is 19.2. The molecule has 11 nitrogen and oxygen atoms in total. The van der Waals surface area contributed by atoms with Crippen molar-refractivity contribution in [2.45, 2.75) is 63.3 Å². The van der Waals surface area contributed by atoms with E-state index in [1.54, 1.807) is 6.07 Å². The Balaban J connectivity index is 0.810. The maximum Gasteiger partial charge on any atom is 0.282 e. The number of benzene rings is 3. The van der Waals surface area contributed by atoms with Crippen LogP contribution in [0.25, 0.3) is 16.6 Å². The van der Waals surface area contributed by atoms with E-state index in [0.29, 0.717) is 54.3 Å². The van der Waals surface area contributed by atoms with Crippen molar-refractivity contribution in [2.24, 2.45) is 0 Å². The summed E-state index contributed by atoms with van der Waals surface area (Å²) in [6.45, 7) is 9.60. The highest BCUT2D eigenvalue weighted by Gasteiger charge is 2.39. The Bertz CT molecular complexity index is 2430. The Kier molecular flexibility index (Phi) is 9.12. The third kappa shape index (κ3) is 6.30. The van der Waals surface area contributed by atoms with Crippen LogP contribution >= 0.6 is 11.6 Å². The average molecular weight is 779 g/mol. The van der Waals surface area contributed by atoms with Gasteiger partial charge >= 0.3 is 0 Å². The Morgan fingerprint density at radius 2 is 1.55 bits per heavy atom. The Hall–Kier alpha value is -5.27. The van der Waals surface area contributed by atoms with Gasteiger partial charge < -0.3 is 9.80 Å². The number of fused-ring (bicyclic) bond motifs is 5. The standard InChI is InChI=1S/C42H41ClF2N8O3/c1-42(2)29-8-6-26(20-34(29)53-33-5-3-4-30(43)38(33)40(56)49-41(42)53)52-16-14-50(15-17-52)23-35-46-21-27(22-47-35)51-12-10-24(11-13-51)25-18-31(44)37(32(45)19-25)28-7-9-36(54)48-39(28)55/h3-6,8,18-22,24,28H,7,9-17,23H2,1-2H3,(H,48,54,55). The molecule has 0 aliphatic carbocycles. The lowest BCUT2D eigenvalue weighted by molar-refractivity contribution is -0.134. The van der Waals surface area contributed by atoms with E-state index in [2.05, 4.69) is 61.6 Å². The van der Waals surface area contributed by atoms with E-state index in [0.717, 1.165) is 60.1 Å². The molecule has 56 heavy (non-hydrogen) atoms. The molecule has 1 N–H and O–H groups in total. The van der Waals surface area contributed by atoms with Crippen LogP contribution in [-0.2, 0) is 21.5 Å². The van der Waals surface area contributed by atoms with Crippen LogP contribution in [-0.4, -0.2) is 75.5 Å². The fraction of sp³-hybridized carbons (Fsp3) is 0.381. The number of amides is 2. The molecule has 14 heteroatoms. The fourth-order valence-corrected chi connectivity index (χ4v) is 9.26. The number of carbonyl (C=O) groups is 2. The zero-order valence-electron chi connectivity index (χ0n) is 31.2. The summed E-state index contributed by atoms with van der Waals surface area (Å²) in [6.07, 6.45) is 5.28. The molecule has 1 unspecified atom stereocenters. The van der Waals surface area contributed by atoms with Crippen LogP contribution in [0, 0.1) is 11.6 Å². The van der Waals surface area contributed by atoms with Crippen LogP contribution in [0.2, 0.25) is 5.02 Å². The Labute approximate surface area is 327 Å². The highest BCUT2D eigenvalue weighted by Crippen LogP contribution is 2.44. The van der Waals surface area contributed by atoms with Gasteiger partial charge in [-0.1, -0.05) is 23.7 Å². The summed E-state index contributed by atoms with van der Waals surface area (Å²) in [7, 11) is 0. The molecule has 0 spiro atoms. The number of hydrogen-bond donors (Lipinski definition) is 1. The molecule has 2 amide bonds. The number of aromatic nitrogens is 4. The summed E-state index contributed by atoms with van der Waals surface area (Å²) in [5.41, 5.74) is 4.51. The normalized spacial score (nSPS) is 20.0. The lowest BCUT2D eigenvalue weighted by atomic mass is 9.85. The van der Waals surface area contributed by atoms with Crippen molar-refractivity contribution < 1.29 is 18.4 Å². The lowest BCUT2D eigenvalue weighted by Gasteiger charge is -2.36. The zero-order valence-corrected chi connectivity index (χ0v) is 32.0. The predicted octanol–water partition coefficient (Wildman–Crippen LogP) is 5.97. The average Bonchev–Trinajstić information content (AvgIpc) is 3.41. The van der Waals surface area contributed by atoms with Crippen molar-refractivity contribution in [3.05, 3.63) is 116 Å². The quantitative estimate of drug-likeness (QED) is 0.208. The number of anilines is 2. The monoisotopic (exact) mass is 778 g/mol. The number of piperazine rings is 1. The van der Waals surface area contributed by atoms with E-state index in [4.69, 9.17) is 21.6 Å². The minimum absolute atomic E-state index is 0.0221. The van der Waals surface area contributed by atoms with Crippen LogP contribution in [0.1, 0.15) is 79.7 Å². The summed E-state index contributed by atoms with van der Waals surface area (Å²) >= 11 is 6.48. The Morgan fingerprint density at radius 1 is 0.857 bits per heavy atom. The molecule has 3 saturated heterocycles. The number of hydrogen-bond acceptors (Lipinski definition) is 9. The van der Waals surface area contributed by atoms with Gasteiger partial charge in [0.25, 0.3) is 5.56 Å². The van der Waals surface area contributed by atoms with E-state index >= 15 is 8.78 Å². The molecule has 4 aliphatic heterocycles. The number of imide groups is 1. The van der Waals surface area contributed by atoms with Crippen molar-refractivity contribution in [3.8, 4) is 5.69 Å². The largest absolute Gasteiger partial charge is 0.369 e. The molecule has 4 aliphatic rings. The third-order valence-electron chi connectivity index (χ3n) is 12.1. The van der Waals surface area contributed by atoms with Crippen LogP contribution in [0.3, 0.4) is 0 Å². The zero-order chi connectivity index (χ0) is 38.9. The molecule has 288 valence electrons. The van der Waals surface area contributed by atoms with Crippen molar-refractivity contribution in [1.29, 1.82) is 0 Å². The maximum atomic E-state index is 15.2. The highest BCUT2D eigenvalue weighted by molar-refractivity contribution is 6.35. The third-order valence-corrected chi connectivity index (χ3v) is 12.4. The second-order valence-corrected chi connectivity index (χ2v) is 16.2. The van der Waals surface area contributed by atoms with Gasteiger partial charge in [0.1, 0.15) is 23.3 Å². The van der Waals surface area contributed by atoms with Crippen molar-refractivity contribution in [1.82, 2.24) is 29.7 Å². The lowest BCUT2D eigenvalue weighted by Crippen LogP contribution is -2.46. The molecule has 6 heterocycles. The number of nitrogens with one attached hydrogen (secondary N) is 1. The van der Waals surface area contributed by atoms with Crippen molar-refractivity contribution in [3.63, 3.8) is 0 Å². The Morgan fingerprint density at radius 3 is 2.25 bits per heavy atom. The molecular formula is C42H41ClF2N8O3. The molecule has 2 aromatic heterocycles. The van der Waals surface area contributed by atoms with Crippen LogP contribution in [0.5, 0.6) is 0 Å². The van der Waals surface area contributed by atoms with Gasteiger partial charge in [-0.25, -0.2) is 18.7 Å².